The summed E-state index contributed by atoms with van der Waals surface area (Å²) in [6, 6.07) is 9.70. The van der Waals surface area contributed by atoms with Crippen LogP contribution >= 0.6 is 0 Å². The lowest BCUT2D eigenvalue weighted by molar-refractivity contribution is 0.424. The summed E-state index contributed by atoms with van der Waals surface area (Å²) in [5, 5.41) is 3.40. The molecule has 1 rings (SSSR count). The van der Waals surface area contributed by atoms with E-state index in [-0.39, 0.29) is 0 Å². The van der Waals surface area contributed by atoms with E-state index < -0.39 is 0 Å². The third-order valence-corrected chi connectivity index (χ3v) is 3.30. The number of nitrogens with one attached hydrogen (secondary N) is 1. The molecule has 0 aliphatic rings. The van der Waals surface area contributed by atoms with Crippen molar-refractivity contribution >= 4 is 0 Å². The third-order valence-electron chi connectivity index (χ3n) is 3.30. The summed E-state index contributed by atoms with van der Waals surface area (Å²) in [7, 11) is 2.05. The van der Waals surface area contributed by atoms with Crippen molar-refractivity contribution in [1.82, 2.24) is 5.32 Å². The highest BCUT2D eigenvalue weighted by Crippen LogP contribution is 2.13. The molecule has 0 bridgehead atoms. The summed E-state index contributed by atoms with van der Waals surface area (Å²) >= 11 is 0. The molecule has 0 aromatic heterocycles. The maximum absolute atomic E-state index is 3.40. The Morgan fingerprint density at radius 1 is 0.882 bits per heavy atom. The zero-order valence-corrected chi connectivity index (χ0v) is 12.0. The van der Waals surface area contributed by atoms with Crippen LogP contribution in [0.2, 0.25) is 0 Å². The van der Waals surface area contributed by atoms with Gasteiger partial charge in [0.05, 0.1) is 0 Å². The van der Waals surface area contributed by atoms with Gasteiger partial charge in [-0.1, -0.05) is 52.0 Å². The van der Waals surface area contributed by atoms with Crippen LogP contribution in [-0.4, -0.2) is 13.1 Å². The average molecular weight is 233 g/mol. The summed E-state index contributed by atoms with van der Waals surface area (Å²) in [6.07, 6.45) is 2.30. The predicted molar refractivity (Wildman–Crippen MR) is 76.4 cm³/mol. The van der Waals surface area contributed by atoms with Gasteiger partial charge in [0.1, 0.15) is 0 Å². The zero-order chi connectivity index (χ0) is 12.8. The molecule has 0 saturated heterocycles. The van der Waals surface area contributed by atoms with Gasteiger partial charge in [-0.2, -0.15) is 0 Å². The van der Waals surface area contributed by atoms with Crippen molar-refractivity contribution in [2.75, 3.05) is 7.05 Å². The Labute approximate surface area is 107 Å². The first kappa shape index (κ1) is 14.2. The molecule has 1 atom stereocenters. The van der Waals surface area contributed by atoms with Gasteiger partial charge in [0.2, 0.25) is 0 Å². The fourth-order valence-electron chi connectivity index (χ4n) is 2.21. The number of rotatable bonds is 6. The first-order valence-electron chi connectivity index (χ1n) is 6.78. The van der Waals surface area contributed by atoms with E-state index in [1.54, 1.807) is 0 Å². The largest absolute Gasteiger partial charge is 0.316 e. The fraction of sp³-hybridized carbons (Fsp3) is 0.625. The van der Waals surface area contributed by atoms with Crippen molar-refractivity contribution in [3.63, 3.8) is 0 Å². The van der Waals surface area contributed by atoms with Crippen molar-refractivity contribution in [2.45, 2.75) is 46.6 Å². The van der Waals surface area contributed by atoms with Crippen LogP contribution in [-0.2, 0) is 12.8 Å². The maximum atomic E-state index is 3.40. The zero-order valence-electron chi connectivity index (χ0n) is 12.0. The average Bonchev–Trinajstić information content (AvgIpc) is 2.26. The monoisotopic (exact) mass is 233 g/mol. The predicted octanol–water partition coefficient (Wildman–Crippen LogP) is 3.67. The van der Waals surface area contributed by atoms with Crippen molar-refractivity contribution in [2.24, 2.45) is 11.8 Å². The lowest BCUT2D eigenvalue weighted by Gasteiger charge is -2.20. The second-order valence-electron chi connectivity index (χ2n) is 5.76. The van der Waals surface area contributed by atoms with Crippen molar-refractivity contribution < 1.29 is 0 Å². The van der Waals surface area contributed by atoms with Gasteiger partial charge in [-0.05, 0) is 42.9 Å². The van der Waals surface area contributed by atoms with E-state index in [9.17, 15) is 0 Å². The Bertz CT molecular complexity index is 311. The molecule has 0 aliphatic carbocycles. The van der Waals surface area contributed by atoms with E-state index >= 15 is 0 Å². The minimum atomic E-state index is 0.575. The number of benzene rings is 1. The smallest absolute Gasteiger partial charge is 0.0127 e. The van der Waals surface area contributed by atoms with Crippen LogP contribution in [0.5, 0.6) is 0 Å². The molecule has 1 unspecified atom stereocenters. The molecular formula is C16H27N. The third kappa shape index (κ3) is 4.91. The Hall–Kier alpha value is -0.820. The van der Waals surface area contributed by atoms with Gasteiger partial charge >= 0.3 is 0 Å². The van der Waals surface area contributed by atoms with E-state index in [1.165, 1.54) is 17.5 Å². The Morgan fingerprint density at radius 3 is 1.71 bits per heavy atom. The second kappa shape index (κ2) is 6.80. The molecule has 96 valence electrons. The normalized spacial score (nSPS) is 13.4. The lowest BCUT2D eigenvalue weighted by Crippen LogP contribution is -2.32. The molecule has 1 aromatic carbocycles. The van der Waals surface area contributed by atoms with Crippen LogP contribution in [0.3, 0.4) is 0 Å². The molecule has 1 heteroatoms. The van der Waals surface area contributed by atoms with Gasteiger partial charge in [-0.15, -0.1) is 0 Å². The van der Waals surface area contributed by atoms with Gasteiger partial charge in [-0.25, -0.2) is 0 Å². The number of hydrogen-bond donors (Lipinski definition) is 1. The Morgan fingerprint density at radius 2 is 1.35 bits per heavy atom. The molecule has 0 aliphatic heterocycles. The highest BCUT2D eigenvalue weighted by Gasteiger charge is 2.11. The first-order valence-corrected chi connectivity index (χ1v) is 6.78. The second-order valence-corrected chi connectivity index (χ2v) is 5.76. The molecule has 1 N–H and O–H groups in total. The number of hydrogen-bond acceptors (Lipinski definition) is 1. The summed E-state index contributed by atoms with van der Waals surface area (Å²) in [6.45, 7) is 9.08. The molecule has 17 heavy (non-hydrogen) atoms. The van der Waals surface area contributed by atoms with Crippen LogP contribution in [0, 0.1) is 11.8 Å². The minimum absolute atomic E-state index is 0.575. The van der Waals surface area contributed by atoms with Crippen LogP contribution in [0.1, 0.15) is 38.8 Å². The summed E-state index contributed by atoms with van der Waals surface area (Å²) < 4.78 is 0. The van der Waals surface area contributed by atoms with Crippen molar-refractivity contribution in [3.8, 4) is 0 Å². The SMILES string of the molecule is CNC(Cc1ccc(CC(C)C)cc1)C(C)C. The van der Waals surface area contributed by atoms with Gasteiger partial charge in [0.15, 0.2) is 0 Å². The Balaban J connectivity index is 2.61. The molecule has 0 radical (unpaired) electrons. The number of likely N-dealkylation sites (N-methyl/N-ethyl adjacent to an activating group) is 1. The van der Waals surface area contributed by atoms with E-state index in [2.05, 4.69) is 64.3 Å². The van der Waals surface area contributed by atoms with E-state index in [0.29, 0.717) is 12.0 Å². The molecule has 1 nitrogen and oxygen atoms in total. The van der Waals surface area contributed by atoms with E-state index in [4.69, 9.17) is 0 Å². The van der Waals surface area contributed by atoms with E-state index in [1.807, 2.05) is 0 Å². The fourth-order valence-corrected chi connectivity index (χ4v) is 2.21. The van der Waals surface area contributed by atoms with Crippen LogP contribution < -0.4 is 5.32 Å². The summed E-state index contributed by atoms with van der Waals surface area (Å²) in [4.78, 5) is 0. The summed E-state index contributed by atoms with van der Waals surface area (Å²) in [5.74, 6) is 1.41. The van der Waals surface area contributed by atoms with Crippen LogP contribution in [0.4, 0.5) is 0 Å². The topological polar surface area (TPSA) is 12.0 Å². The maximum Gasteiger partial charge on any atom is 0.0127 e. The van der Waals surface area contributed by atoms with E-state index in [0.717, 1.165) is 12.3 Å². The quantitative estimate of drug-likeness (QED) is 0.790. The summed E-state index contributed by atoms with van der Waals surface area (Å²) in [5.41, 5.74) is 2.89. The molecule has 0 amide bonds. The van der Waals surface area contributed by atoms with Gasteiger partial charge in [0.25, 0.3) is 0 Å². The minimum Gasteiger partial charge on any atom is -0.316 e. The van der Waals surface area contributed by atoms with Crippen LogP contribution in [0.15, 0.2) is 24.3 Å². The molecule has 1 aromatic rings. The van der Waals surface area contributed by atoms with Crippen molar-refractivity contribution in [1.29, 1.82) is 0 Å². The molecule has 0 heterocycles. The van der Waals surface area contributed by atoms with Crippen LogP contribution in [0.25, 0.3) is 0 Å². The van der Waals surface area contributed by atoms with Gasteiger partial charge < -0.3 is 5.32 Å². The van der Waals surface area contributed by atoms with Gasteiger partial charge in [0, 0.05) is 6.04 Å². The lowest BCUT2D eigenvalue weighted by atomic mass is 9.95. The highest BCUT2D eigenvalue weighted by molar-refractivity contribution is 5.23. The first-order chi connectivity index (χ1) is 8.02. The molecule has 0 saturated carbocycles. The Kier molecular flexibility index (Phi) is 5.70. The molecule has 0 spiro atoms. The highest BCUT2D eigenvalue weighted by atomic mass is 14.9. The van der Waals surface area contributed by atoms with Gasteiger partial charge in [-0.3, -0.25) is 0 Å². The molecule has 0 fully saturated rings. The van der Waals surface area contributed by atoms with Crippen molar-refractivity contribution in [3.05, 3.63) is 35.4 Å². The standard InChI is InChI=1S/C16H27N/c1-12(2)10-14-6-8-15(9-7-14)11-16(17-5)13(3)4/h6-9,12-13,16-17H,10-11H2,1-5H3. The molecular weight excluding hydrogens is 206 g/mol.